The third-order valence-corrected chi connectivity index (χ3v) is 2.90. The molecule has 1 saturated heterocycles. The quantitative estimate of drug-likeness (QED) is 0.356. The number of rotatable bonds is 0. The minimum atomic E-state index is -1.02. The predicted molar refractivity (Wildman–Crippen MR) is 47.1 cm³/mol. The average Bonchev–Trinajstić information content (AvgIpc) is 2.36. The first-order chi connectivity index (χ1) is 6.20. The van der Waals surface area contributed by atoms with Gasteiger partial charge in [0.1, 0.15) is 6.10 Å². The van der Waals surface area contributed by atoms with Crippen LogP contribution in [0.15, 0.2) is 12.2 Å². The highest BCUT2D eigenvalue weighted by Gasteiger charge is 2.41. The van der Waals surface area contributed by atoms with E-state index in [2.05, 4.69) is 5.32 Å². The lowest BCUT2D eigenvalue weighted by molar-refractivity contribution is -0.111. The van der Waals surface area contributed by atoms with Gasteiger partial charge in [-0.3, -0.25) is 0 Å². The molecule has 0 aromatic heterocycles. The van der Waals surface area contributed by atoms with E-state index in [1.807, 2.05) is 12.2 Å². The van der Waals surface area contributed by atoms with Gasteiger partial charge in [-0.05, 0) is 12.8 Å². The molecule has 13 heavy (non-hydrogen) atoms. The van der Waals surface area contributed by atoms with Gasteiger partial charge in [0.05, 0.1) is 12.2 Å². The third-order valence-electron chi connectivity index (χ3n) is 2.90. The molecule has 1 fully saturated rings. The molecule has 0 spiro atoms. The van der Waals surface area contributed by atoms with E-state index in [4.69, 9.17) is 0 Å². The Balaban J connectivity index is 2.18. The molecular weight excluding hydrogens is 170 g/mol. The van der Waals surface area contributed by atoms with Crippen LogP contribution in [-0.2, 0) is 0 Å². The van der Waals surface area contributed by atoms with Gasteiger partial charge in [-0.2, -0.15) is 0 Å². The zero-order valence-electron chi connectivity index (χ0n) is 7.30. The fourth-order valence-corrected chi connectivity index (χ4v) is 2.05. The predicted octanol–water partition coefficient (Wildman–Crippen LogP) is -1.24. The van der Waals surface area contributed by atoms with Crippen LogP contribution >= 0.6 is 0 Å². The second-order valence-electron chi connectivity index (χ2n) is 3.79. The van der Waals surface area contributed by atoms with Crippen LogP contribution in [0.1, 0.15) is 12.8 Å². The summed E-state index contributed by atoms with van der Waals surface area (Å²) in [6.45, 7) is 0. The molecule has 2 rings (SSSR count). The Kier molecular flexibility index (Phi) is 2.38. The van der Waals surface area contributed by atoms with Crippen LogP contribution in [0.2, 0.25) is 0 Å². The van der Waals surface area contributed by atoms with Gasteiger partial charge in [0.15, 0.2) is 0 Å². The lowest BCUT2D eigenvalue weighted by atomic mass is 9.89. The topological polar surface area (TPSA) is 72.7 Å². The molecule has 1 unspecified atom stereocenters. The van der Waals surface area contributed by atoms with E-state index < -0.39 is 18.3 Å². The third kappa shape index (κ3) is 1.50. The smallest absolute Gasteiger partial charge is 0.109 e. The molecule has 0 saturated carbocycles. The average molecular weight is 185 g/mol. The van der Waals surface area contributed by atoms with Crippen molar-refractivity contribution in [1.82, 2.24) is 5.32 Å². The summed E-state index contributed by atoms with van der Waals surface area (Å²) < 4.78 is 0. The van der Waals surface area contributed by atoms with Crippen LogP contribution in [-0.4, -0.2) is 45.7 Å². The van der Waals surface area contributed by atoms with Crippen LogP contribution in [0.5, 0.6) is 0 Å². The molecule has 2 aliphatic heterocycles. The Morgan fingerprint density at radius 1 is 0.846 bits per heavy atom. The van der Waals surface area contributed by atoms with Gasteiger partial charge in [0, 0.05) is 12.1 Å². The highest BCUT2D eigenvalue weighted by atomic mass is 16.4. The van der Waals surface area contributed by atoms with Gasteiger partial charge in [0.25, 0.3) is 0 Å². The molecule has 4 N–H and O–H groups in total. The Hall–Kier alpha value is -0.420. The molecule has 5 atom stereocenters. The largest absolute Gasteiger partial charge is 0.389 e. The molecule has 0 aromatic rings. The first-order valence-electron chi connectivity index (χ1n) is 4.65. The number of nitrogens with one attached hydrogen (secondary N) is 1. The van der Waals surface area contributed by atoms with E-state index in [-0.39, 0.29) is 12.1 Å². The highest BCUT2D eigenvalue weighted by molar-refractivity contribution is 5.06. The second kappa shape index (κ2) is 3.38. The fourth-order valence-electron chi connectivity index (χ4n) is 2.05. The van der Waals surface area contributed by atoms with Crippen molar-refractivity contribution in [2.75, 3.05) is 0 Å². The van der Waals surface area contributed by atoms with Crippen LogP contribution in [0.25, 0.3) is 0 Å². The van der Waals surface area contributed by atoms with Crippen molar-refractivity contribution >= 4 is 0 Å². The first-order valence-corrected chi connectivity index (χ1v) is 4.65. The number of hydrogen-bond donors (Lipinski definition) is 4. The summed E-state index contributed by atoms with van der Waals surface area (Å²) in [5.41, 5.74) is 0. The molecular formula is C9H15NO3. The van der Waals surface area contributed by atoms with Gasteiger partial charge >= 0.3 is 0 Å². The number of hydrogen-bond acceptors (Lipinski definition) is 4. The van der Waals surface area contributed by atoms with Gasteiger partial charge in [0.2, 0.25) is 0 Å². The monoisotopic (exact) mass is 185 g/mol. The summed E-state index contributed by atoms with van der Waals surface area (Å²) in [5, 5.41) is 31.8. The molecule has 0 aliphatic carbocycles. The minimum Gasteiger partial charge on any atom is -0.389 e. The molecule has 2 bridgehead atoms. The summed E-state index contributed by atoms with van der Waals surface area (Å²) in [6.07, 6.45) is 2.62. The first kappa shape index (κ1) is 9.15. The standard InChI is InChI=1S/C9H15NO3/c11-7-5-3-1-2-4-6(10-5)8(12)9(7)13/h1-2,5-13H,3-4H2/t5-,6+,7-,8+,9?. The Labute approximate surface area is 76.9 Å². The second-order valence-corrected chi connectivity index (χ2v) is 3.79. The molecule has 4 heteroatoms. The zero-order valence-corrected chi connectivity index (χ0v) is 7.30. The summed E-state index contributed by atoms with van der Waals surface area (Å²) in [7, 11) is 0. The lowest BCUT2D eigenvalue weighted by Crippen LogP contribution is -2.63. The van der Waals surface area contributed by atoms with Gasteiger partial charge < -0.3 is 20.6 Å². The van der Waals surface area contributed by atoms with Crippen molar-refractivity contribution in [1.29, 1.82) is 0 Å². The maximum atomic E-state index is 9.58. The normalized spacial score (nSPS) is 50.2. The number of aliphatic hydroxyl groups excluding tert-OH is 3. The molecule has 0 amide bonds. The van der Waals surface area contributed by atoms with E-state index >= 15 is 0 Å². The number of aliphatic hydroxyl groups is 3. The molecule has 4 nitrogen and oxygen atoms in total. The van der Waals surface area contributed by atoms with Crippen LogP contribution in [0.3, 0.4) is 0 Å². The van der Waals surface area contributed by atoms with Crippen LogP contribution in [0, 0.1) is 0 Å². The Bertz CT molecular complexity index is 199. The number of fused-ring (bicyclic) bond motifs is 2. The zero-order chi connectivity index (χ0) is 9.42. The van der Waals surface area contributed by atoms with Crippen molar-refractivity contribution in [2.45, 2.75) is 43.2 Å². The molecule has 74 valence electrons. The Morgan fingerprint density at radius 2 is 1.31 bits per heavy atom. The van der Waals surface area contributed by atoms with Gasteiger partial charge in [-0.1, -0.05) is 12.2 Å². The number of piperidine rings is 1. The minimum absolute atomic E-state index is 0.123. The Morgan fingerprint density at radius 3 is 1.77 bits per heavy atom. The van der Waals surface area contributed by atoms with Crippen molar-refractivity contribution < 1.29 is 15.3 Å². The van der Waals surface area contributed by atoms with Crippen molar-refractivity contribution in [3.63, 3.8) is 0 Å². The molecule has 2 heterocycles. The van der Waals surface area contributed by atoms with E-state index in [0.717, 1.165) is 0 Å². The van der Waals surface area contributed by atoms with E-state index in [1.54, 1.807) is 0 Å². The molecule has 2 aliphatic rings. The van der Waals surface area contributed by atoms with Crippen LogP contribution < -0.4 is 5.32 Å². The highest BCUT2D eigenvalue weighted by Crippen LogP contribution is 2.22. The van der Waals surface area contributed by atoms with Gasteiger partial charge in [-0.15, -0.1) is 0 Å². The molecule has 0 radical (unpaired) electrons. The molecule has 0 aromatic carbocycles. The van der Waals surface area contributed by atoms with E-state index in [9.17, 15) is 15.3 Å². The summed E-state index contributed by atoms with van der Waals surface area (Å²) in [5.74, 6) is 0. The SMILES string of the molecule is OC1[C@@H](O)[C@@H]2CC=CC[C@@H](N2)[C@H]1O. The van der Waals surface area contributed by atoms with Crippen LogP contribution in [0.4, 0.5) is 0 Å². The fraction of sp³-hybridized carbons (Fsp3) is 0.778. The summed E-state index contributed by atoms with van der Waals surface area (Å²) >= 11 is 0. The van der Waals surface area contributed by atoms with E-state index in [0.29, 0.717) is 12.8 Å². The van der Waals surface area contributed by atoms with Crippen molar-refractivity contribution in [3.05, 3.63) is 12.2 Å². The van der Waals surface area contributed by atoms with Crippen molar-refractivity contribution in [3.8, 4) is 0 Å². The van der Waals surface area contributed by atoms with Gasteiger partial charge in [-0.25, -0.2) is 0 Å². The maximum absolute atomic E-state index is 9.58. The summed E-state index contributed by atoms with van der Waals surface area (Å²) in [4.78, 5) is 0. The lowest BCUT2D eigenvalue weighted by Gasteiger charge is -2.40. The van der Waals surface area contributed by atoms with E-state index in [1.165, 1.54) is 0 Å². The van der Waals surface area contributed by atoms with Crippen molar-refractivity contribution in [2.24, 2.45) is 0 Å². The maximum Gasteiger partial charge on any atom is 0.109 e. The summed E-state index contributed by atoms with van der Waals surface area (Å²) in [6, 6.07) is -0.246.